The van der Waals surface area contributed by atoms with Gasteiger partial charge in [-0.05, 0) is 53.9 Å². The van der Waals surface area contributed by atoms with E-state index in [9.17, 15) is 9.59 Å². The van der Waals surface area contributed by atoms with Crippen molar-refractivity contribution in [2.45, 2.75) is 20.3 Å². The molecule has 0 unspecified atom stereocenters. The van der Waals surface area contributed by atoms with Crippen molar-refractivity contribution in [3.8, 4) is 0 Å². The fourth-order valence-electron chi connectivity index (χ4n) is 2.17. The molecule has 0 saturated carbocycles. The zero-order chi connectivity index (χ0) is 19.2. The SMILES string of the molecule is CC(C)(CN)CNC(=O)Cc1ccc(NC(=O)c2ccc(Br)cc2)cc1. The number of carbonyl (C=O) groups is 2. The van der Waals surface area contributed by atoms with Gasteiger partial charge in [0.05, 0.1) is 6.42 Å². The molecule has 2 rings (SSSR count). The Morgan fingerprint density at radius 2 is 1.65 bits per heavy atom. The maximum Gasteiger partial charge on any atom is 0.255 e. The molecule has 2 amide bonds. The van der Waals surface area contributed by atoms with Crippen LogP contribution in [0.15, 0.2) is 53.0 Å². The Morgan fingerprint density at radius 1 is 1.04 bits per heavy atom. The van der Waals surface area contributed by atoms with Crippen molar-refractivity contribution in [2.75, 3.05) is 18.4 Å². The lowest BCUT2D eigenvalue weighted by molar-refractivity contribution is -0.120. The Bertz CT molecular complexity index is 756. The third-order valence-electron chi connectivity index (χ3n) is 4.00. The molecule has 4 N–H and O–H groups in total. The van der Waals surface area contributed by atoms with Gasteiger partial charge in [-0.25, -0.2) is 0 Å². The molecular weight excluding hydrogens is 394 g/mol. The minimum atomic E-state index is -0.174. The first-order valence-corrected chi connectivity index (χ1v) is 9.21. The molecule has 138 valence electrons. The van der Waals surface area contributed by atoms with Crippen LogP contribution in [-0.4, -0.2) is 24.9 Å². The Hall–Kier alpha value is -2.18. The maximum absolute atomic E-state index is 12.2. The average Bonchev–Trinajstić information content (AvgIpc) is 2.62. The summed E-state index contributed by atoms with van der Waals surface area (Å²) in [6, 6.07) is 14.4. The molecule has 0 saturated heterocycles. The number of rotatable bonds is 7. The van der Waals surface area contributed by atoms with Gasteiger partial charge in [0.25, 0.3) is 5.91 Å². The van der Waals surface area contributed by atoms with Crippen molar-refractivity contribution in [1.29, 1.82) is 0 Å². The number of halogens is 1. The van der Waals surface area contributed by atoms with Gasteiger partial charge >= 0.3 is 0 Å². The molecule has 5 nitrogen and oxygen atoms in total. The van der Waals surface area contributed by atoms with Crippen LogP contribution in [-0.2, 0) is 11.2 Å². The van der Waals surface area contributed by atoms with E-state index in [-0.39, 0.29) is 17.2 Å². The molecule has 0 bridgehead atoms. The summed E-state index contributed by atoms with van der Waals surface area (Å²) in [4.78, 5) is 24.2. The number of amides is 2. The van der Waals surface area contributed by atoms with Crippen molar-refractivity contribution in [1.82, 2.24) is 5.32 Å². The zero-order valence-electron chi connectivity index (χ0n) is 15.0. The van der Waals surface area contributed by atoms with E-state index < -0.39 is 0 Å². The van der Waals surface area contributed by atoms with Crippen molar-refractivity contribution in [3.63, 3.8) is 0 Å². The fraction of sp³-hybridized carbons (Fsp3) is 0.300. The van der Waals surface area contributed by atoms with Gasteiger partial charge < -0.3 is 16.4 Å². The molecular formula is C20H24BrN3O2. The van der Waals surface area contributed by atoms with Gasteiger partial charge in [-0.15, -0.1) is 0 Å². The third-order valence-corrected chi connectivity index (χ3v) is 4.53. The van der Waals surface area contributed by atoms with Gasteiger partial charge in [0, 0.05) is 22.3 Å². The summed E-state index contributed by atoms with van der Waals surface area (Å²) < 4.78 is 0.923. The lowest BCUT2D eigenvalue weighted by Crippen LogP contribution is -2.39. The standard InChI is InChI=1S/C20H24BrN3O2/c1-20(2,12-22)13-23-18(25)11-14-3-9-17(10-4-14)24-19(26)15-5-7-16(21)8-6-15/h3-10H,11-13,22H2,1-2H3,(H,23,25)(H,24,26). The molecule has 0 aromatic heterocycles. The molecule has 26 heavy (non-hydrogen) atoms. The van der Waals surface area contributed by atoms with Crippen molar-refractivity contribution >= 4 is 33.4 Å². The molecule has 0 heterocycles. The normalized spacial score (nSPS) is 11.1. The van der Waals surface area contributed by atoms with Gasteiger partial charge in [-0.1, -0.05) is 41.9 Å². The highest BCUT2D eigenvalue weighted by molar-refractivity contribution is 9.10. The second kappa shape index (κ2) is 8.96. The molecule has 0 spiro atoms. The highest BCUT2D eigenvalue weighted by Crippen LogP contribution is 2.15. The van der Waals surface area contributed by atoms with E-state index in [1.807, 2.05) is 38.1 Å². The van der Waals surface area contributed by atoms with Crippen LogP contribution in [0.1, 0.15) is 29.8 Å². The van der Waals surface area contributed by atoms with Crippen LogP contribution in [0.4, 0.5) is 5.69 Å². The third kappa shape index (κ3) is 6.28. The quantitative estimate of drug-likeness (QED) is 0.645. The summed E-state index contributed by atoms with van der Waals surface area (Å²) >= 11 is 3.34. The molecule has 6 heteroatoms. The van der Waals surface area contributed by atoms with E-state index in [2.05, 4.69) is 26.6 Å². The summed E-state index contributed by atoms with van der Waals surface area (Å²) in [5.41, 5.74) is 7.70. The largest absolute Gasteiger partial charge is 0.355 e. The summed E-state index contributed by atoms with van der Waals surface area (Å²) in [5.74, 6) is -0.217. The van der Waals surface area contributed by atoms with E-state index in [0.717, 1.165) is 10.0 Å². The summed E-state index contributed by atoms with van der Waals surface area (Å²) in [5, 5.41) is 5.74. The Morgan fingerprint density at radius 3 is 2.23 bits per heavy atom. The monoisotopic (exact) mass is 417 g/mol. The van der Waals surface area contributed by atoms with Crippen molar-refractivity contribution in [3.05, 3.63) is 64.1 Å². The highest BCUT2D eigenvalue weighted by Gasteiger charge is 2.16. The number of hydrogen-bond acceptors (Lipinski definition) is 3. The predicted molar refractivity (Wildman–Crippen MR) is 108 cm³/mol. The van der Waals surface area contributed by atoms with Gasteiger partial charge in [0.15, 0.2) is 0 Å². The number of anilines is 1. The molecule has 0 atom stereocenters. The first-order chi connectivity index (χ1) is 12.3. The smallest absolute Gasteiger partial charge is 0.255 e. The molecule has 0 radical (unpaired) electrons. The number of benzene rings is 2. The van der Waals surface area contributed by atoms with Crippen LogP contribution in [0, 0.1) is 5.41 Å². The van der Waals surface area contributed by atoms with Crippen LogP contribution < -0.4 is 16.4 Å². The number of hydrogen-bond donors (Lipinski definition) is 3. The van der Waals surface area contributed by atoms with Gasteiger partial charge in [-0.3, -0.25) is 9.59 Å². The number of nitrogens with one attached hydrogen (secondary N) is 2. The van der Waals surface area contributed by atoms with E-state index >= 15 is 0 Å². The highest BCUT2D eigenvalue weighted by atomic mass is 79.9. The first kappa shape index (κ1) is 20.1. The summed E-state index contributed by atoms with van der Waals surface area (Å²) in [6.07, 6.45) is 0.293. The second-order valence-electron chi connectivity index (χ2n) is 6.98. The lowest BCUT2D eigenvalue weighted by atomic mass is 9.94. The van der Waals surface area contributed by atoms with Crippen LogP contribution >= 0.6 is 15.9 Å². The van der Waals surface area contributed by atoms with Gasteiger partial charge in [0.2, 0.25) is 5.91 Å². The summed E-state index contributed by atoms with van der Waals surface area (Å²) in [6.45, 7) is 5.08. The Labute approximate surface area is 162 Å². The van der Waals surface area contributed by atoms with E-state index in [1.54, 1.807) is 24.3 Å². The minimum Gasteiger partial charge on any atom is -0.355 e. The van der Waals surface area contributed by atoms with Gasteiger partial charge in [0.1, 0.15) is 0 Å². The molecule has 0 fully saturated rings. The molecule has 0 aliphatic rings. The van der Waals surface area contributed by atoms with Crippen LogP contribution in [0.2, 0.25) is 0 Å². The molecule has 0 aliphatic carbocycles. The molecule has 0 aliphatic heterocycles. The number of carbonyl (C=O) groups excluding carboxylic acids is 2. The van der Waals surface area contributed by atoms with Crippen LogP contribution in [0.5, 0.6) is 0 Å². The summed E-state index contributed by atoms with van der Waals surface area (Å²) in [7, 11) is 0. The zero-order valence-corrected chi connectivity index (χ0v) is 16.6. The van der Waals surface area contributed by atoms with Crippen LogP contribution in [0.3, 0.4) is 0 Å². The Kier molecular flexibility index (Phi) is 6.94. The van der Waals surface area contributed by atoms with E-state index in [1.165, 1.54) is 0 Å². The number of nitrogens with two attached hydrogens (primary N) is 1. The lowest BCUT2D eigenvalue weighted by Gasteiger charge is -2.22. The van der Waals surface area contributed by atoms with Crippen molar-refractivity contribution < 1.29 is 9.59 Å². The molecule has 2 aromatic rings. The maximum atomic E-state index is 12.2. The molecule has 2 aromatic carbocycles. The van der Waals surface area contributed by atoms with E-state index in [0.29, 0.717) is 30.8 Å². The second-order valence-corrected chi connectivity index (χ2v) is 7.90. The predicted octanol–water partition coefficient (Wildman–Crippen LogP) is 3.35. The van der Waals surface area contributed by atoms with E-state index in [4.69, 9.17) is 5.73 Å². The topological polar surface area (TPSA) is 84.2 Å². The van der Waals surface area contributed by atoms with Crippen molar-refractivity contribution in [2.24, 2.45) is 11.1 Å². The minimum absolute atomic E-state index is 0.0434. The Balaban J connectivity index is 1.88. The van der Waals surface area contributed by atoms with Gasteiger partial charge in [-0.2, -0.15) is 0 Å². The van der Waals surface area contributed by atoms with Crippen LogP contribution in [0.25, 0.3) is 0 Å². The fourth-order valence-corrected chi connectivity index (χ4v) is 2.43. The first-order valence-electron chi connectivity index (χ1n) is 8.42. The average molecular weight is 418 g/mol.